The smallest absolute Gasteiger partial charge is 0.260 e. The second kappa shape index (κ2) is 6.34. The first kappa shape index (κ1) is 14.8. The topological polar surface area (TPSA) is 34.9 Å². The van der Waals surface area contributed by atoms with Crippen LogP contribution in [0.15, 0.2) is 60.7 Å². The highest BCUT2D eigenvalue weighted by molar-refractivity contribution is 7.73. The van der Waals surface area contributed by atoms with E-state index in [1.165, 1.54) is 16.0 Å². The lowest BCUT2D eigenvalue weighted by atomic mass is 9.90. The lowest BCUT2D eigenvalue weighted by molar-refractivity contribution is 0.0875. The third-order valence-electron chi connectivity index (χ3n) is 3.37. The van der Waals surface area contributed by atoms with Crippen LogP contribution in [0.1, 0.15) is 26.8 Å². The summed E-state index contributed by atoms with van der Waals surface area (Å²) in [6, 6.07) is 19.4. The predicted molar refractivity (Wildman–Crippen MR) is 91.0 cm³/mol. The van der Waals surface area contributed by atoms with Gasteiger partial charge in [-0.15, -0.1) is 0 Å². The highest BCUT2D eigenvalue weighted by Crippen LogP contribution is 2.27. The van der Waals surface area contributed by atoms with E-state index in [1.807, 2.05) is 67.6 Å². The van der Waals surface area contributed by atoms with Crippen molar-refractivity contribution in [2.24, 2.45) is 0 Å². The van der Waals surface area contributed by atoms with Gasteiger partial charge in [0, 0.05) is 0 Å². The summed E-state index contributed by atoms with van der Waals surface area (Å²) in [7, 11) is 0. The molecule has 0 saturated carbocycles. The van der Waals surface area contributed by atoms with Gasteiger partial charge in [-0.1, -0.05) is 72.0 Å². The van der Waals surface area contributed by atoms with Crippen molar-refractivity contribution in [2.75, 3.05) is 0 Å². The number of rotatable bonds is 3. The summed E-state index contributed by atoms with van der Waals surface area (Å²) in [5.41, 5.74) is 1.87. The molecule has 0 aliphatic rings. The molecular weight excluding hydrogens is 312 g/mol. The number of aromatic nitrogens is 2. The highest BCUT2D eigenvalue weighted by atomic mass is 32.1. The molecule has 0 N–H and O–H groups in total. The van der Waals surface area contributed by atoms with E-state index in [-0.39, 0.29) is 5.91 Å². The lowest BCUT2D eigenvalue weighted by Crippen LogP contribution is -2.22. The van der Waals surface area contributed by atoms with Crippen molar-refractivity contribution in [1.82, 2.24) is 9.78 Å². The minimum absolute atomic E-state index is 0.119. The van der Waals surface area contributed by atoms with Gasteiger partial charge in [-0.25, -0.2) is 0 Å². The van der Waals surface area contributed by atoms with Crippen LogP contribution >= 0.6 is 23.6 Å². The van der Waals surface area contributed by atoms with Crippen LogP contribution in [0, 0.1) is 10.9 Å². The molecule has 5 heteroatoms. The Labute approximate surface area is 137 Å². The zero-order valence-electron chi connectivity index (χ0n) is 12.0. The first-order valence-electron chi connectivity index (χ1n) is 6.87. The second-order valence-electron chi connectivity index (χ2n) is 4.89. The molecule has 1 aromatic heterocycles. The van der Waals surface area contributed by atoms with E-state index in [0.717, 1.165) is 16.1 Å². The average molecular weight is 326 g/mol. The van der Waals surface area contributed by atoms with Crippen LogP contribution in [0.4, 0.5) is 0 Å². The maximum Gasteiger partial charge on any atom is 0.260 e. The van der Waals surface area contributed by atoms with E-state index in [1.54, 1.807) is 0 Å². The first-order valence-corrected chi connectivity index (χ1v) is 8.10. The predicted octanol–water partition coefficient (Wildman–Crippen LogP) is 4.45. The van der Waals surface area contributed by atoms with Crippen LogP contribution in [-0.2, 0) is 0 Å². The van der Waals surface area contributed by atoms with Gasteiger partial charge in [0.1, 0.15) is 5.01 Å². The number of hydrogen-bond donors (Lipinski definition) is 0. The zero-order chi connectivity index (χ0) is 15.5. The minimum Gasteiger partial charge on any atom is -0.271 e. The van der Waals surface area contributed by atoms with Crippen molar-refractivity contribution in [1.29, 1.82) is 0 Å². The van der Waals surface area contributed by atoms with E-state index in [0.29, 0.717) is 3.95 Å². The number of hydrogen-bond acceptors (Lipinski definition) is 4. The van der Waals surface area contributed by atoms with Crippen molar-refractivity contribution in [3.63, 3.8) is 0 Å². The lowest BCUT2D eigenvalue weighted by Gasteiger charge is -2.16. The summed E-state index contributed by atoms with van der Waals surface area (Å²) < 4.78 is 1.83. The molecule has 110 valence electrons. The van der Waals surface area contributed by atoms with Crippen LogP contribution in [0.5, 0.6) is 0 Å². The molecule has 0 aliphatic heterocycles. The molecule has 3 aromatic rings. The Hall–Kier alpha value is -2.11. The standard InChI is InChI=1S/C17H14N2OS2/c1-12-18-19(17(21)22-12)16(20)15(13-8-4-2-5-9-13)14-10-6-3-7-11-14/h2-11,15H,1H3. The zero-order valence-corrected chi connectivity index (χ0v) is 13.6. The van der Waals surface area contributed by atoms with E-state index in [2.05, 4.69) is 5.10 Å². The Bertz CT molecular complexity index is 798. The quantitative estimate of drug-likeness (QED) is 0.667. The molecule has 1 heterocycles. The number of carbonyl (C=O) groups excluding carboxylic acids is 1. The van der Waals surface area contributed by atoms with Gasteiger partial charge in [0.05, 0.1) is 5.92 Å². The van der Waals surface area contributed by atoms with Crippen molar-refractivity contribution in [3.8, 4) is 0 Å². The van der Waals surface area contributed by atoms with Gasteiger partial charge in [0.25, 0.3) is 5.91 Å². The third kappa shape index (κ3) is 2.91. The summed E-state index contributed by atoms with van der Waals surface area (Å²) in [6.45, 7) is 1.85. The minimum atomic E-state index is -0.407. The van der Waals surface area contributed by atoms with Crippen LogP contribution < -0.4 is 0 Å². The normalized spacial score (nSPS) is 10.8. The van der Waals surface area contributed by atoms with Gasteiger partial charge in [-0.3, -0.25) is 4.79 Å². The Morgan fingerprint density at radius 2 is 1.55 bits per heavy atom. The fourth-order valence-electron chi connectivity index (χ4n) is 2.40. The van der Waals surface area contributed by atoms with Crippen LogP contribution in [0.2, 0.25) is 0 Å². The first-order chi connectivity index (χ1) is 10.7. The maximum absolute atomic E-state index is 13.0. The fourth-order valence-corrected chi connectivity index (χ4v) is 3.49. The van der Waals surface area contributed by atoms with Crippen molar-refractivity contribution >= 4 is 29.5 Å². The van der Waals surface area contributed by atoms with Gasteiger partial charge in [0.15, 0.2) is 3.95 Å². The summed E-state index contributed by atoms with van der Waals surface area (Å²) in [6.07, 6.45) is 0. The number of aryl methyl sites for hydroxylation is 1. The highest BCUT2D eigenvalue weighted by Gasteiger charge is 2.25. The van der Waals surface area contributed by atoms with Crippen molar-refractivity contribution in [3.05, 3.63) is 80.8 Å². The molecule has 3 nitrogen and oxygen atoms in total. The van der Waals surface area contributed by atoms with Gasteiger partial charge in [-0.05, 0) is 30.3 Å². The Kier molecular flexibility index (Phi) is 4.27. The summed E-state index contributed by atoms with van der Waals surface area (Å²) in [5.74, 6) is -0.526. The molecule has 0 amide bonds. The molecular formula is C17H14N2OS2. The van der Waals surface area contributed by atoms with E-state index >= 15 is 0 Å². The molecule has 22 heavy (non-hydrogen) atoms. The Morgan fingerprint density at radius 1 is 1.05 bits per heavy atom. The molecule has 0 aliphatic carbocycles. The van der Waals surface area contributed by atoms with Gasteiger partial charge in [-0.2, -0.15) is 9.78 Å². The van der Waals surface area contributed by atoms with Crippen LogP contribution in [-0.4, -0.2) is 15.7 Å². The molecule has 2 aromatic carbocycles. The van der Waals surface area contributed by atoms with E-state index in [9.17, 15) is 4.79 Å². The number of carbonyl (C=O) groups is 1. The Balaban J connectivity index is 2.12. The average Bonchev–Trinajstić information content (AvgIpc) is 2.88. The second-order valence-corrected chi connectivity index (χ2v) is 6.72. The molecule has 0 radical (unpaired) electrons. The monoisotopic (exact) mass is 326 g/mol. The van der Waals surface area contributed by atoms with Crippen molar-refractivity contribution in [2.45, 2.75) is 12.8 Å². The van der Waals surface area contributed by atoms with Crippen molar-refractivity contribution < 1.29 is 4.79 Å². The number of benzene rings is 2. The summed E-state index contributed by atoms with van der Waals surface area (Å²) in [5, 5.41) is 5.05. The molecule has 0 fully saturated rings. The molecule has 3 rings (SSSR count). The van der Waals surface area contributed by atoms with Crippen LogP contribution in [0.3, 0.4) is 0 Å². The molecule has 0 spiro atoms. The fraction of sp³-hybridized carbons (Fsp3) is 0.118. The third-order valence-corrected chi connectivity index (χ3v) is 4.52. The van der Waals surface area contributed by atoms with Gasteiger partial charge >= 0.3 is 0 Å². The summed E-state index contributed by atoms with van der Waals surface area (Å²) in [4.78, 5) is 13.0. The molecule has 0 atom stereocenters. The van der Waals surface area contributed by atoms with Crippen LogP contribution in [0.25, 0.3) is 0 Å². The van der Waals surface area contributed by atoms with E-state index in [4.69, 9.17) is 12.2 Å². The molecule has 0 unspecified atom stereocenters. The van der Waals surface area contributed by atoms with Gasteiger partial charge < -0.3 is 0 Å². The maximum atomic E-state index is 13.0. The SMILES string of the molecule is Cc1nn(C(=O)C(c2ccccc2)c2ccccc2)c(=S)s1. The molecule has 0 bridgehead atoms. The van der Waals surface area contributed by atoms with E-state index < -0.39 is 5.92 Å². The largest absolute Gasteiger partial charge is 0.271 e. The van der Waals surface area contributed by atoms with Gasteiger partial charge in [0.2, 0.25) is 0 Å². The Morgan fingerprint density at radius 3 is 1.95 bits per heavy atom. The molecule has 0 saturated heterocycles. The summed E-state index contributed by atoms with van der Waals surface area (Å²) >= 11 is 6.62. The number of nitrogens with zero attached hydrogens (tertiary/aromatic N) is 2.